The van der Waals surface area contributed by atoms with E-state index in [1.165, 1.54) is 0 Å². The fraction of sp³-hybridized carbons (Fsp3) is 0.300. The van der Waals surface area contributed by atoms with Crippen LogP contribution in [0.5, 0.6) is 0 Å². The first-order valence-corrected chi connectivity index (χ1v) is 5.53. The maximum Gasteiger partial charge on any atom is 0.177 e. The fourth-order valence-electron chi connectivity index (χ4n) is 1.18. The molecule has 0 N–H and O–H groups in total. The Balaban J connectivity index is 3.28. The van der Waals surface area contributed by atoms with Gasteiger partial charge >= 0.3 is 0 Å². The van der Waals surface area contributed by atoms with Crippen LogP contribution < -0.4 is 0 Å². The largest absolute Gasteiger partial charge is 0.293 e. The molecule has 1 nitrogen and oxygen atoms in total. The molecule has 70 valence electrons. The first-order chi connectivity index (χ1) is 6.06. The number of rotatable bonds is 2. The summed E-state index contributed by atoms with van der Waals surface area (Å²) in [7, 11) is 0. The number of Topliss-reactive ketones (excluding diaryl/α,β-unsaturated/α-hetero) is 1. The number of hydrogen-bond acceptors (Lipinski definition) is 1. The summed E-state index contributed by atoms with van der Waals surface area (Å²) >= 11 is 7.71. The van der Waals surface area contributed by atoms with E-state index in [9.17, 15) is 4.79 Å². The highest BCUT2D eigenvalue weighted by atomic mass is 127. The highest BCUT2D eigenvalue weighted by Crippen LogP contribution is 2.18. The molecule has 1 aromatic rings. The molecule has 1 aromatic carbocycles. The highest BCUT2D eigenvalue weighted by molar-refractivity contribution is 14.1. The maximum atomic E-state index is 11.4. The molecule has 13 heavy (non-hydrogen) atoms. The van der Waals surface area contributed by atoms with Gasteiger partial charge in [-0.3, -0.25) is 4.79 Å². The van der Waals surface area contributed by atoms with Crippen molar-refractivity contribution in [1.82, 2.24) is 0 Å². The molecule has 0 aliphatic rings. The second-order valence-corrected chi connectivity index (χ2v) is 4.46. The van der Waals surface area contributed by atoms with Crippen LogP contribution in [-0.4, -0.2) is 11.7 Å². The van der Waals surface area contributed by atoms with Crippen molar-refractivity contribution in [2.75, 3.05) is 5.88 Å². The summed E-state index contributed by atoms with van der Waals surface area (Å²) in [5, 5.41) is 0. The van der Waals surface area contributed by atoms with Crippen LogP contribution >= 0.6 is 34.2 Å². The third-order valence-electron chi connectivity index (χ3n) is 2.05. The Bertz CT molecular complexity index is 347. The van der Waals surface area contributed by atoms with Gasteiger partial charge < -0.3 is 0 Å². The van der Waals surface area contributed by atoms with Crippen LogP contribution in [-0.2, 0) is 0 Å². The molecule has 0 amide bonds. The zero-order valence-electron chi connectivity index (χ0n) is 7.53. The van der Waals surface area contributed by atoms with Crippen LogP contribution in [0, 0.1) is 17.4 Å². The fourth-order valence-corrected chi connectivity index (χ4v) is 2.10. The van der Waals surface area contributed by atoms with Gasteiger partial charge in [-0.2, -0.15) is 0 Å². The molecule has 0 spiro atoms. The summed E-state index contributed by atoms with van der Waals surface area (Å²) in [5.41, 5.74) is 2.92. The van der Waals surface area contributed by atoms with Crippen LogP contribution in [0.2, 0.25) is 0 Å². The van der Waals surface area contributed by atoms with Gasteiger partial charge in [0.05, 0.1) is 5.88 Å². The van der Waals surface area contributed by atoms with E-state index in [4.69, 9.17) is 11.6 Å². The van der Waals surface area contributed by atoms with Crippen molar-refractivity contribution in [3.05, 3.63) is 32.4 Å². The lowest BCUT2D eigenvalue weighted by molar-refractivity contribution is 0.102. The number of benzene rings is 1. The Hall–Kier alpha value is -0.0900. The molecule has 0 aromatic heterocycles. The predicted octanol–water partition coefficient (Wildman–Crippen LogP) is 3.33. The van der Waals surface area contributed by atoms with Crippen LogP contribution in [0.3, 0.4) is 0 Å². The molecule has 0 unspecified atom stereocenters. The molecule has 0 aliphatic heterocycles. The van der Waals surface area contributed by atoms with E-state index in [1.807, 2.05) is 19.9 Å². The number of aryl methyl sites for hydroxylation is 1. The maximum absolute atomic E-state index is 11.4. The lowest BCUT2D eigenvalue weighted by atomic mass is 10.0. The Labute approximate surface area is 96.6 Å². The van der Waals surface area contributed by atoms with Gasteiger partial charge in [-0.25, -0.2) is 0 Å². The van der Waals surface area contributed by atoms with Crippen molar-refractivity contribution >= 4 is 40.0 Å². The van der Waals surface area contributed by atoms with Gasteiger partial charge in [-0.05, 0) is 59.7 Å². The highest BCUT2D eigenvalue weighted by Gasteiger charge is 2.09. The topological polar surface area (TPSA) is 17.1 Å². The van der Waals surface area contributed by atoms with Gasteiger partial charge in [0.1, 0.15) is 0 Å². The standard InChI is InChI=1S/C10H10ClIO/c1-6-3-8(12)4-9(7(6)2)10(13)5-11/h3-4H,5H2,1-2H3. The number of hydrogen-bond donors (Lipinski definition) is 0. The molecule has 3 heteroatoms. The van der Waals surface area contributed by atoms with E-state index in [0.717, 1.165) is 20.3 Å². The molecular formula is C10H10ClIO. The zero-order chi connectivity index (χ0) is 10.0. The Morgan fingerprint density at radius 3 is 2.62 bits per heavy atom. The van der Waals surface area contributed by atoms with Crippen molar-refractivity contribution in [3.8, 4) is 0 Å². The Morgan fingerprint density at radius 2 is 2.08 bits per heavy atom. The molecule has 0 radical (unpaired) electrons. The van der Waals surface area contributed by atoms with Gasteiger partial charge in [-0.15, -0.1) is 11.6 Å². The summed E-state index contributed by atoms with van der Waals surface area (Å²) in [6.45, 7) is 3.95. The van der Waals surface area contributed by atoms with Crippen molar-refractivity contribution in [1.29, 1.82) is 0 Å². The second kappa shape index (κ2) is 4.42. The summed E-state index contributed by atoms with van der Waals surface area (Å²) < 4.78 is 1.08. The van der Waals surface area contributed by atoms with E-state index in [-0.39, 0.29) is 11.7 Å². The SMILES string of the molecule is Cc1cc(I)cc(C(=O)CCl)c1C. The predicted molar refractivity (Wildman–Crippen MR) is 63.7 cm³/mol. The molecular weight excluding hydrogens is 298 g/mol. The lowest BCUT2D eigenvalue weighted by Gasteiger charge is -2.07. The van der Waals surface area contributed by atoms with Crippen LogP contribution in [0.25, 0.3) is 0 Å². The van der Waals surface area contributed by atoms with Crippen LogP contribution in [0.15, 0.2) is 12.1 Å². The van der Waals surface area contributed by atoms with Gasteiger partial charge in [0.2, 0.25) is 0 Å². The normalized spacial score (nSPS) is 10.2. The van der Waals surface area contributed by atoms with Crippen molar-refractivity contribution < 1.29 is 4.79 Å². The van der Waals surface area contributed by atoms with E-state index >= 15 is 0 Å². The lowest BCUT2D eigenvalue weighted by Crippen LogP contribution is -2.04. The average Bonchev–Trinajstić information content (AvgIpc) is 2.10. The minimum atomic E-state index is 0.000725. The summed E-state index contributed by atoms with van der Waals surface area (Å²) in [4.78, 5) is 11.4. The van der Waals surface area contributed by atoms with Crippen molar-refractivity contribution in [3.63, 3.8) is 0 Å². The molecule has 0 fully saturated rings. The van der Waals surface area contributed by atoms with Crippen LogP contribution in [0.4, 0.5) is 0 Å². The molecule has 0 atom stereocenters. The minimum absolute atomic E-state index is 0.000725. The monoisotopic (exact) mass is 308 g/mol. The first-order valence-electron chi connectivity index (χ1n) is 3.92. The molecule has 1 rings (SSSR count). The summed E-state index contributed by atoms with van der Waals surface area (Å²) in [5.74, 6) is 0.0567. The van der Waals surface area contributed by atoms with Crippen molar-refractivity contribution in [2.24, 2.45) is 0 Å². The number of alkyl halides is 1. The van der Waals surface area contributed by atoms with E-state index in [2.05, 4.69) is 28.7 Å². The molecule has 0 bridgehead atoms. The number of carbonyl (C=O) groups excluding carboxylic acids is 1. The van der Waals surface area contributed by atoms with Gasteiger partial charge in [-0.1, -0.05) is 0 Å². The Kier molecular flexibility index (Phi) is 3.74. The zero-order valence-corrected chi connectivity index (χ0v) is 10.4. The van der Waals surface area contributed by atoms with Crippen LogP contribution in [0.1, 0.15) is 21.5 Å². The third-order valence-corrected chi connectivity index (χ3v) is 2.92. The van der Waals surface area contributed by atoms with Gasteiger partial charge in [0, 0.05) is 9.13 Å². The number of ketones is 1. The molecule has 0 saturated carbocycles. The van der Waals surface area contributed by atoms with Crippen molar-refractivity contribution in [2.45, 2.75) is 13.8 Å². The van der Waals surface area contributed by atoms with E-state index in [0.29, 0.717) is 0 Å². The molecule has 0 aliphatic carbocycles. The average molecular weight is 309 g/mol. The van der Waals surface area contributed by atoms with E-state index < -0.39 is 0 Å². The van der Waals surface area contributed by atoms with Gasteiger partial charge in [0.25, 0.3) is 0 Å². The number of halogens is 2. The Morgan fingerprint density at radius 1 is 1.46 bits per heavy atom. The summed E-state index contributed by atoms with van der Waals surface area (Å²) in [6.07, 6.45) is 0. The smallest absolute Gasteiger partial charge is 0.177 e. The second-order valence-electron chi connectivity index (χ2n) is 2.95. The number of carbonyl (C=O) groups is 1. The molecule has 0 heterocycles. The van der Waals surface area contributed by atoms with Gasteiger partial charge in [0.15, 0.2) is 5.78 Å². The third kappa shape index (κ3) is 2.44. The quantitative estimate of drug-likeness (QED) is 0.465. The first kappa shape index (κ1) is 11.0. The molecule has 0 saturated heterocycles. The summed E-state index contributed by atoms with van der Waals surface area (Å²) in [6, 6.07) is 3.94. The minimum Gasteiger partial charge on any atom is -0.293 e. The van der Waals surface area contributed by atoms with E-state index in [1.54, 1.807) is 0 Å².